The van der Waals surface area contributed by atoms with E-state index >= 15 is 0 Å². The fourth-order valence-electron chi connectivity index (χ4n) is 2.83. The first kappa shape index (κ1) is 20.1. The molecule has 8 heteroatoms. The Bertz CT molecular complexity index is 668. The SMILES string of the molecule is CCCCC1SC[C@@H](C(=O)O)N1C(=O)CNC(=O)Nc1cccc(C)c1. The third-order valence-electron chi connectivity index (χ3n) is 4.15. The molecule has 7 nitrogen and oxygen atoms in total. The molecular formula is C18H25N3O4S. The van der Waals surface area contributed by atoms with E-state index in [0.717, 1.165) is 24.8 Å². The lowest BCUT2D eigenvalue weighted by atomic mass is 10.2. The van der Waals surface area contributed by atoms with Gasteiger partial charge in [0.2, 0.25) is 5.91 Å². The highest BCUT2D eigenvalue weighted by atomic mass is 32.2. The number of urea groups is 1. The molecule has 2 atom stereocenters. The van der Waals surface area contributed by atoms with Crippen LogP contribution in [0.25, 0.3) is 0 Å². The van der Waals surface area contributed by atoms with E-state index in [-0.39, 0.29) is 17.8 Å². The summed E-state index contributed by atoms with van der Waals surface area (Å²) in [5.41, 5.74) is 1.65. The second kappa shape index (κ2) is 9.47. The van der Waals surface area contributed by atoms with E-state index in [9.17, 15) is 19.5 Å². The van der Waals surface area contributed by atoms with Crippen molar-refractivity contribution in [1.29, 1.82) is 0 Å². The number of carbonyl (C=O) groups is 3. The molecule has 1 heterocycles. The molecule has 26 heavy (non-hydrogen) atoms. The van der Waals surface area contributed by atoms with E-state index in [4.69, 9.17) is 0 Å². The number of carboxylic acids is 1. The maximum absolute atomic E-state index is 12.6. The summed E-state index contributed by atoms with van der Waals surface area (Å²) >= 11 is 1.49. The fraction of sp³-hybridized carbons (Fsp3) is 0.500. The average molecular weight is 379 g/mol. The lowest BCUT2D eigenvalue weighted by Crippen LogP contribution is -2.49. The molecule has 1 aliphatic rings. The van der Waals surface area contributed by atoms with Crippen molar-refractivity contribution in [3.63, 3.8) is 0 Å². The molecule has 3 amide bonds. The van der Waals surface area contributed by atoms with Gasteiger partial charge in [0.15, 0.2) is 0 Å². The van der Waals surface area contributed by atoms with Crippen molar-refractivity contribution in [2.24, 2.45) is 0 Å². The number of aliphatic carboxylic acids is 1. The third-order valence-corrected chi connectivity index (χ3v) is 5.50. The minimum Gasteiger partial charge on any atom is -0.480 e. The van der Waals surface area contributed by atoms with E-state index in [2.05, 4.69) is 17.6 Å². The summed E-state index contributed by atoms with van der Waals surface area (Å²) in [4.78, 5) is 37.4. The van der Waals surface area contributed by atoms with E-state index in [0.29, 0.717) is 11.4 Å². The molecule has 1 saturated heterocycles. The molecule has 0 aromatic heterocycles. The van der Waals surface area contributed by atoms with Crippen LogP contribution in [0.4, 0.5) is 10.5 Å². The van der Waals surface area contributed by atoms with Gasteiger partial charge in [0.05, 0.1) is 11.9 Å². The zero-order valence-electron chi connectivity index (χ0n) is 15.0. The van der Waals surface area contributed by atoms with Gasteiger partial charge >= 0.3 is 12.0 Å². The number of nitrogens with zero attached hydrogens (tertiary/aromatic N) is 1. The number of hydrogen-bond donors (Lipinski definition) is 3. The van der Waals surface area contributed by atoms with Gasteiger partial charge in [-0.2, -0.15) is 0 Å². The van der Waals surface area contributed by atoms with Gasteiger partial charge in [0.25, 0.3) is 0 Å². The zero-order chi connectivity index (χ0) is 19.1. The number of carbonyl (C=O) groups excluding carboxylic acids is 2. The molecule has 1 fully saturated rings. The lowest BCUT2D eigenvalue weighted by molar-refractivity contribution is -0.148. The predicted octanol–water partition coefficient (Wildman–Crippen LogP) is 2.66. The Morgan fingerprint density at radius 2 is 2.12 bits per heavy atom. The quantitative estimate of drug-likeness (QED) is 0.676. The molecule has 0 bridgehead atoms. The molecule has 3 N–H and O–H groups in total. The van der Waals surface area contributed by atoms with Gasteiger partial charge in [-0.05, 0) is 31.0 Å². The van der Waals surface area contributed by atoms with E-state index in [1.807, 2.05) is 25.1 Å². The maximum atomic E-state index is 12.6. The van der Waals surface area contributed by atoms with Gasteiger partial charge in [-0.3, -0.25) is 4.79 Å². The molecule has 1 unspecified atom stereocenters. The maximum Gasteiger partial charge on any atom is 0.327 e. The van der Waals surface area contributed by atoms with E-state index < -0.39 is 18.0 Å². The van der Waals surface area contributed by atoms with Crippen LogP contribution < -0.4 is 10.6 Å². The van der Waals surface area contributed by atoms with Gasteiger partial charge in [0.1, 0.15) is 6.04 Å². The number of hydrogen-bond acceptors (Lipinski definition) is 4. The van der Waals surface area contributed by atoms with Gasteiger partial charge in [-0.1, -0.05) is 31.9 Å². The second-order valence-corrected chi connectivity index (χ2v) is 7.47. The number of unbranched alkanes of at least 4 members (excludes halogenated alkanes) is 1. The minimum atomic E-state index is -1.01. The largest absolute Gasteiger partial charge is 0.480 e. The Balaban J connectivity index is 1.92. The van der Waals surface area contributed by atoms with Crippen molar-refractivity contribution in [3.05, 3.63) is 29.8 Å². The highest BCUT2D eigenvalue weighted by Crippen LogP contribution is 2.32. The third kappa shape index (κ3) is 5.39. The summed E-state index contributed by atoms with van der Waals surface area (Å²) in [5.74, 6) is -0.998. The van der Waals surface area contributed by atoms with E-state index in [1.165, 1.54) is 16.7 Å². The topological polar surface area (TPSA) is 98.7 Å². The van der Waals surface area contributed by atoms with Crippen molar-refractivity contribution in [2.45, 2.75) is 44.5 Å². The Hall–Kier alpha value is -2.22. The first-order valence-corrected chi connectivity index (χ1v) is 9.74. The normalized spacial score (nSPS) is 19.2. The summed E-state index contributed by atoms with van der Waals surface area (Å²) in [6, 6.07) is 5.99. The van der Waals surface area contributed by atoms with Crippen LogP contribution in [-0.4, -0.2) is 51.6 Å². The Morgan fingerprint density at radius 1 is 1.35 bits per heavy atom. The van der Waals surface area contributed by atoms with Gasteiger partial charge in [0, 0.05) is 11.4 Å². The zero-order valence-corrected chi connectivity index (χ0v) is 15.8. The Kier molecular flexibility index (Phi) is 7.32. The Labute approximate surface area is 157 Å². The second-order valence-electron chi connectivity index (χ2n) is 6.26. The molecule has 0 spiro atoms. The number of benzene rings is 1. The monoisotopic (exact) mass is 379 g/mol. The van der Waals surface area contributed by atoms with Crippen LogP contribution in [0.15, 0.2) is 24.3 Å². The van der Waals surface area contributed by atoms with Crippen LogP contribution in [0.5, 0.6) is 0 Å². The van der Waals surface area contributed by atoms with Crippen molar-refractivity contribution in [3.8, 4) is 0 Å². The first-order chi connectivity index (χ1) is 12.4. The number of thioether (sulfide) groups is 1. The van der Waals surface area contributed by atoms with Crippen LogP contribution in [-0.2, 0) is 9.59 Å². The number of carboxylic acid groups (broad SMARTS) is 1. The molecule has 0 aliphatic carbocycles. The summed E-state index contributed by atoms with van der Waals surface area (Å²) in [6.45, 7) is 3.74. The molecular weight excluding hydrogens is 354 g/mol. The highest BCUT2D eigenvalue weighted by molar-refractivity contribution is 8.00. The van der Waals surface area contributed by atoms with Crippen molar-refractivity contribution in [1.82, 2.24) is 10.2 Å². The minimum absolute atomic E-state index is 0.148. The predicted molar refractivity (Wildman–Crippen MR) is 102 cm³/mol. The van der Waals surface area contributed by atoms with Crippen LogP contribution in [0.3, 0.4) is 0 Å². The highest BCUT2D eigenvalue weighted by Gasteiger charge is 2.40. The van der Waals surface area contributed by atoms with Crippen molar-refractivity contribution in [2.75, 3.05) is 17.6 Å². The smallest absolute Gasteiger partial charge is 0.327 e. The Morgan fingerprint density at radius 3 is 2.77 bits per heavy atom. The van der Waals surface area contributed by atoms with Crippen LogP contribution in [0.2, 0.25) is 0 Å². The summed E-state index contributed by atoms with van der Waals surface area (Å²) in [6.07, 6.45) is 2.66. The van der Waals surface area contributed by atoms with Crippen molar-refractivity contribution < 1.29 is 19.5 Å². The average Bonchev–Trinajstić information content (AvgIpc) is 3.02. The molecule has 1 aliphatic heterocycles. The lowest BCUT2D eigenvalue weighted by Gasteiger charge is -2.27. The number of nitrogens with one attached hydrogen (secondary N) is 2. The van der Waals surface area contributed by atoms with Gasteiger partial charge < -0.3 is 20.6 Å². The molecule has 0 radical (unpaired) electrons. The number of amides is 3. The number of anilines is 1. The summed E-state index contributed by atoms with van der Waals surface area (Å²) < 4.78 is 0. The molecule has 142 valence electrons. The van der Waals surface area contributed by atoms with Crippen LogP contribution in [0, 0.1) is 6.92 Å². The summed E-state index contributed by atoms with van der Waals surface area (Å²) in [5, 5.41) is 14.4. The molecule has 2 rings (SSSR count). The summed E-state index contributed by atoms with van der Waals surface area (Å²) in [7, 11) is 0. The van der Waals surface area contributed by atoms with E-state index in [1.54, 1.807) is 6.07 Å². The van der Waals surface area contributed by atoms with Gasteiger partial charge in [-0.25, -0.2) is 9.59 Å². The number of rotatable bonds is 7. The molecule has 0 saturated carbocycles. The number of aryl methyl sites for hydroxylation is 1. The molecule has 1 aromatic carbocycles. The standard InChI is InChI=1S/C18H25N3O4S/c1-3-4-8-16-21(14(11-26-16)17(23)24)15(22)10-19-18(25)20-13-7-5-6-12(2)9-13/h5-7,9,14,16H,3-4,8,10-11H2,1-2H3,(H,23,24)(H2,19,20,25)/t14-,16?/m0/s1. The van der Waals surface area contributed by atoms with Gasteiger partial charge in [-0.15, -0.1) is 11.8 Å². The fourth-order valence-corrected chi connectivity index (χ4v) is 4.30. The van der Waals surface area contributed by atoms with Crippen LogP contribution in [0.1, 0.15) is 31.7 Å². The molecule has 1 aromatic rings. The first-order valence-electron chi connectivity index (χ1n) is 8.69. The van der Waals surface area contributed by atoms with Crippen LogP contribution >= 0.6 is 11.8 Å². The van der Waals surface area contributed by atoms with Crippen molar-refractivity contribution >= 4 is 35.4 Å².